The average Bonchev–Trinajstić information content (AvgIpc) is 2.25. The maximum absolute atomic E-state index is 12.0. The van der Waals surface area contributed by atoms with Crippen LogP contribution >= 0.6 is 31.9 Å². The van der Waals surface area contributed by atoms with Gasteiger partial charge in [-0.25, -0.2) is 4.79 Å². The summed E-state index contributed by atoms with van der Waals surface area (Å²) in [6.45, 7) is 3.83. The van der Waals surface area contributed by atoms with Gasteiger partial charge in [-0.3, -0.25) is 4.79 Å². The van der Waals surface area contributed by atoms with Gasteiger partial charge in [-0.2, -0.15) is 0 Å². The van der Waals surface area contributed by atoms with Crippen molar-refractivity contribution in [3.05, 3.63) is 32.7 Å². The van der Waals surface area contributed by atoms with Crippen molar-refractivity contribution in [1.82, 2.24) is 5.32 Å². The molecule has 1 aromatic rings. The van der Waals surface area contributed by atoms with Gasteiger partial charge in [0.1, 0.15) is 6.04 Å². The number of carboxylic acids is 1. The molecular formula is C13H15Br2NO3. The standard InChI is InChI=1S/C13H15Br2NO3/c1-7(2)3-11(13(18)19)16-12(17)8-4-9(14)6-10(15)5-8/h4-7,11H,3H2,1-2H3,(H,16,17)(H,18,19)/t11-/m0/s1. The second-order valence-electron chi connectivity index (χ2n) is 4.65. The number of amides is 1. The number of benzene rings is 1. The van der Waals surface area contributed by atoms with Gasteiger partial charge in [-0.15, -0.1) is 0 Å². The molecule has 0 aliphatic carbocycles. The molecular weight excluding hydrogens is 378 g/mol. The van der Waals surface area contributed by atoms with E-state index in [1.165, 1.54) is 0 Å². The van der Waals surface area contributed by atoms with E-state index in [0.717, 1.165) is 8.95 Å². The number of rotatable bonds is 5. The van der Waals surface area contributed by atoms with E-state index in [2.05, 4.69) is 37.2 Å². The van der Waals surface area contributed by atoms with Gasteiger partial charge in [-0.05, 0) is 30.5 Å². The van der Waals surface area contributed by atoms with Crippen LogP contribution in [0.4, 0.5) is 0 Å². The molecule has 0 aromatic heterocycles. The minimum Gasteiger partial charge on any atom is -0.480 e. The second kappa shape index (κ2) is 7.05. The van der Waals surface area contributed by atoms with Crippen LogP contribution in [0, 0.1) is 5.92 Å². The maximum Gasteiger partial charge on any atom is 0.326 e. The Kier molecular flexibility index (Phi) is 6.00. The molecule has 0 saturated carbocycles. The molecule has 0 saturated heterocycles. The molecule has 1 amide bonds. The Balaban J connectivity index is 2.84. The van der Waals surface area contributed by atoms with Gasteiger partial charge < -0.3 is 10.4 Å². The Labute approximate surface area is 128 Å². The molecule has 2 N–H and O–H groups in total. The smallest absolute Gasteiger partial charge is 0.326 e. The molecule has 0 spiro atoms. The summed E-state index contributed by atoms with van der Waals surface area (Å²) in [6.07, 6.45) is 0.399. The van der Waals surface area contributed by atoms with Crippen LogP contribution in [0.25, 0.3) is 0 Å². The maximum atomic E-state index is 12.0. The summed E-state index contributed by atoms with van der Waals surface area (Å²) in [5, 5.41) is 11.6. The van der Waals surface area contributed by atoms with Gasteiger partial charge in [-0.1, -0.05) is 45.7 Å². The minimum absolute atomic E-state index is 0.190. The second-order valence-corrected chi connectivity index (χ2v) is 6.48. The Morgan fingerprint density at radius 2 is 1.74 bits per heavy atom. The molecule has 0 aliphatic heterocycles. The third-order valence-electron chi connectivity index (χ3n) is 2.44. The summed E-state index contributed by atoms with van der Waals surface area (Å²) < 4.78 is 1.51. The SMILES string of the molecule is CC(C)C[C@H](NC(=O)c1cc(Br)cc(Br)c1)C(=O)O. The molecule has 0 unspecified atom stereocenters. The molecule has 104 valence electrons. The lowest BCUT2D eigenvalue weighted by Gasteiger charge is -2.16. The van der Waals surface area contributed by atoms with Crippen molar-refractivity contribution in [2.24, 2.45) is 5.92 Å². The van der Waals surface area contributed by atoms with Crippen molar-refractivity contribution in [2.45, 2.75) is 26.3 Å². The van der Waals surface area contributed by atoms with E-state index >= 15 is 0 Å². The van der Waals surface area contributed by atoms with Crippen molar-refractivity contribution >= 4 is 43.7 Å². The van der Waals surface area contributed by atoms with Crippen LogP contribution in [0.1, 0.15) is 30.6 Å². The number of carboxylic acid groups (broad SMARTS) is 1. The monoisotopic (exact) mass is 391 g/mol. The summed E-state index contributed by atoms with van der Waals surface area (Å²) >= 11 is 6.58. The highest BCUT2D eigenvalue weighted by atomic mass is 79.9. The molecule has 0 heterocycles. The van der Waals surface area contributed by atoms with Crippen molar-refractivity contribution in [1.29, 1.82) is 0 Å². The lowest BCUT2D eigenvalue weighted by Crippen LogP contribution is -2.41. The summed E-state index contributed by atoms with van der Waals surface area (Å²) in [6, 6.07) is 4.23. The van der Waals surface area contributed by atoms with Gasteiger partial charge in [0.15, 0.2) is 0 Å². The molecule has 0 radical (unpaired) electrons. The molecule has 6 heteroatoms. The number of carbonyl (C=O) groups is 2. The quantitative estimate of drug-likeness (QED) is 0.806. The van der Waals surface area contributed by atoms with Crippen LogP contribution in [0.2, 0.25) is 0 Å². The zero-order chi connectivity index (χ0) is 14.6. The van der Waals surface area contributed by atoms with Gasteiger partial charge in [0, 0.05) is 14.5 Å². The third-order valence-corrected chi connectivity index (χ3v) is 3.35. The predicted molar refractivity (Wildman–Crippen MR) is 80.2 cm³/mol. The van der Waals surface area contributed by atoms with E-state index in [0.29, 0.717) is 12.0 Å². The van der Waals surface area contributed by atoms with E-state index in [-0.39, 0.29) is 5.92 Å². The zero-order valence-electron chi connectivity index (χ0n) is 10.6. The van der Waals surface area contributed by atoms with Crippen molar-refractivity contribution in [2.75, 3.05) is 0 Å². The molecule has 0 bridgehead atoms. The van der Waals surface area contributed by atoms with Crippen LogP contribution in [0.3, 0.4) is 0 Å². The van der Waals surface area contributed by atoms with E-state index in [4.69, 9.17) is 5.11 Å². The van der Waals surface area contributed by atoms with Crippen LogP contribution in [-0.2, 0) is 4.79 Å². The fraction of sp³-hybridized carbons (Fsp3) is 0.385. The first-order valence-corrected chi connectivity index (χ1v) is 7.38. The van der Waals surface area contributed by atoms with Gasteiger partial charge in [0.2, 0.25) is 0 Å². The minimum atomic E-state index is -1.02. The molecule has 0 aliphatic rings. The average molecular weight is 393 g/mol. The number of carbonyl (C=O) groups excluding carboxylic acids is 1. The lowest BCUT2D eigenvalue weighted by molar-refractivity contribution is -0.139. The Bertz CT molecular complexity index is 469. The summed E-state index contributed by atoms with van der Waals surface area (Å²) in [5.74, 6) is -1.22. The van der Waals surface area contributed by atoms with Gasteiger partial charge in [0.05, 0.1) is 0 Å². The van der Waals surface area contributed by atoms with E-state index in [9.17, 15) is 9.59 Å². The van der Waals surface area contributed by atoms with Crippen LogP contribution < -0.4 is 5.32 Å². The zero-order valence-corrected chi connectivity index (χ0v) is 13.8. The van der Waals surface area contributed by atoms with E-state index < -0.39 is 17.9 Å². The van der Waals surface area contributed by atoms with E-state index in [1.807, 2.05) is 13.8 Å². The Morgan fingerprint density at radius 1 is 1.21 bits per heavy atom. The molecule has 1 rings (SSSR count). The van der Waals surface area contributed by atoms with Gasteiger partial charge >= 0.3 is 5.97 Å². The topological polar surface area (TPSA) is 66.4 Å². The Morgan fingerprint density at radius 3 is 2.16 bits per heavy atom. The number of halogens is 2. The summed E-state index contributed by atoms with van der Waals surface area (Å²) in [5.41, 5.74) is 0.413. The van der Waals surface area contributed by atoms with Crippen LogP contribution in [0.15, 0.2) is 27.1 Å². The van der Waals surface area contributed by atoms with Crippen molar-refractivity contribution in [3.8, 4) is 0 Å². The number of nitrogens with one attached hydrogen (secondary N) is 1. The van der Waals surface area contributed by atoms with Crippen LogP contribution in [0.5, 0.6) is 0 Å². The normalized spacial score (nSPS) is 12.3. The first-order chi connectivity index (χ1) is 8.79. The fourth-order valence-corrected chi connectivity index (χ4v) is 2.91. The molecule has 1 aromatic carbocycles. The predicted octanol–water partition coefficient (Wildman–Crippen LogP) is 3.44. The number of hydrogen-bond donors (Lipinski definition) is 2. The Hall–Kier alpha value is -0.880. The first kappa shape index (κ1) is 16.2. The molecule has 1 atom stereocenters. The fourth-order valence-electron chi connectivity index (χ4n) is 1.62. The molecule has 4 nitrogen and oxygen atoms in total. The number of aliphatic carboxylic acids is 1. The van der Waals surface area contributed by atoms with Crippen LogP contribution in [-0.4, -0.2) is 23.0 Å². The lowest BCUT2D eigenvalue weighted by atomic mass is 10.0. The highest BCUT2D eigenvalue weighted by Gasteiger charge is 2.21. The summed E-state index contributed by atoms with van der Waals surface area (Å²) in [4.78, 5) is 23.1. The van der Waals surface area contributed by atoms with E-state index in [1.54, 1.807) is 18.2 Å². The highest BCUT2D eigenvalue weighted by molar-refractivity contribution is 9.11. The van der Waals surface area contributed by atoms with Crippen molar-refractivity contribution < 1.29 is 14.7 Å². The molecule has 0 fully saturated rings. The first-order valence-electron chi connectivity index (χ1n) is 5.79. The van der Waals surface area contributed by atoms with Crippen molar-refractivity contribution in [3.63, 3.8) is 0 Å². The highest BCUT2D eigenvalue weighted by Crippen LogP contribution is 2.20. The largest absolute Gasteiger partial charge is 0.480 e. The third kappa shape index (κ3) is 5.32. The summed E-state index contributed by atoms with van der Waals surface area (Å²) in [7, 11) is 0. The van der Waals surface area contributed by atoms with Gasteiger partial charge in [0.25, 0.3) is 5.91 Å². The molecule has 19 heavy (non-hydrogen) atoms. The number of hydrogen-bond acceptors (Lipinski definition) is 2.